The van der Waals surface area contributed by atoms with Crippen LogP contribution < -0.4 is 16.4 Å². The quantitative estimate of drug-likeness (QED) is 0.0602. The van der Waals surface area contributed by atoms with Crippen LogP contribution in [0.15, 0.2) is 97.1 Å². The maximum absolute atomic E-state index is 12.8. The van der Waals surface area contributed by atoms with Crippen molar-refractivity contribution in [3.8, 4) is 11.1 Å². The van der Waals surface area contributed by atoms with E-state index in [0.29, 0.717) is 36.8 Å². The van der Waals surface area contributed by atoms with Gasteiger partial charge in [0.15, 0.2) is 6.29 Å². The second-order valence-corrected chi connectivity index (χ2v) is 14.7. The Balaban J connectivity index is 1.01. The molecule has 2 aliphatic heterocycles. The van der Waals surface area contributed by atoms with Gasteiger partial charge >= 0.3 is 0 Å². The third-order valence-corrected chi connectivity index (χ3v) is 10.7. The molecule has 292 valence electrons. The van der Waals surface area contributed by atoms with Crippen LogP contribution in [0.25, 0.3) is 11.1 Å². The summed E-state index contributed by atoms with van der Waals surface area (Å²) >= 11 is 0. The average molecular weight is 749 g/mol. The van der Waals surface area contributed by atoms with E-state index in [0.717, 1.165) is 98.0 Å². The predicted molar refractivity (Wildman–Crippen MR) is 216 cm³/mol. The molecule has 2 fully saturated rings. The van der Waals surface area contributed by atoms with E-state index in [1.165, 1.54) is 0 Å². The number of ether oxygens (including phenoxy) is 3. The highest BCUT2D eigenvalue weighted by Gasteiger charge is 2.35. The van der Waals surface area contributed by atoms with E-state index >= 15 is 0 Å². The molecule has 4 aromatic carbocycles. The monoisotopic (exact) mass is 748 g/mol. The van der Waals surface area contributed by atoms with Crippen LogP contribution in [0.4, 0.5) is 11.4 Å². The van der Waals surface area contributed by atoms with E-state index in [9.17, 15) is 14.7 Å². The molecule has 5 N–H and O–H groups in total. The summed E-state index contributed by atoms with van der Waals surface area (Å²) in [6.07, 6.45) is 6.52. The zero-order chi connectivity index (χ0) is 38.4. The molecule has 0 aliphatic carbocycles. The standard InChI is InChI=1S/C45H56N4O6/c1-53-31-37-12-10-26-49(37)29-38-27-42(34-20-18-32(30-50)19-21-34)55-45(54-38)35-24-22-33(23-25-35)39-13-7-6-11-36(39)28-47-43(51)16-4-2-3-5-17-44(52)48-41-15-9-8-14-40(41)46/h6-9,11,13-15,18-25,37-38,42,45,50H,2-5,10,12,16-17,26-31,46H2,1H3,(H,47,51)(H,48,52)/t37-,38-,42+,45+/m0/s1. The molecule has 6 rings (SSSR count). The number of hydrogen-bond acceptors (Lipinski definition) is 8. The van der Waals surface area contributed by atoms with Crippen LogP contribution >= 0.6 is 0 Å². The van der Waals surface area contributed by atoms with Gasteiger partial charge < -0.3 is 35.7 Å². The number of rotatable bonds is 18. The lowest BCUT2D eigenvalue weighted by Gasteiger charge is -2.38. The van der Waals surface area contributed by atoms with E-state index in [2.05, 4.69) is 51.9 Å². The fourth-order valence-electron chi connectivity index (χ4n) is 7.62. The number of anilines is 2. The molecule has 10 nitrogen and oxygen atoms in total. The van der Waals surface area contributed by atoms with Crippen LogP contribution in [-0.4, -0.2) is 60.8 Å². The minimum Gasteiger partial charge on any atom is -0.397 e. The number of nitrogens with one attached hydrogen (secondary N) is 2. The van der Waals surface area contributed by atoms with Crippen molar-refractivity contribution in [2.75, 3.05) is 37.9 Å². The second-order valence-electron chi connectivity index (χ2n) is 14.7. The Morgan fingerprint density at radius 2 is 1.56 bits per heavy atom. The summed E-state index contributed by atoms with van der Waals surface area (Å²) in [4.78, 5) is 27.5. The van der Waals surface area contributed by atoms with Crippen molar-refractivity contribution < 1.29 is 28.9 Å². The van der Waals surface area contributed by atoms with Gasteiger partial charge in [0, 0.05) is 51.1 Å². The lowest BCUT2D eigenvalue weighted by atomic mass is 9.97. The number of hydrogen-bond donors (Lipinski definition) is 4. The smallest absolute Gasteiger partial charge is 0.224 e. The SMILES string of the molecule is COC[C@@H]1CCCN1C[C@@H]1C[C@H](c2ccc(CO)cc2)O[C@H](c2ccc(-c3ccccc3CNC(=O)CCCCCCC(=O)Nc3ccccc3N)cc2)O1. The number of benzene rings is 4. The normalized spacial score (nSPS) is 20.0. The maximum atomic E-state index is 12.8. The highest BCUT2D eigenvalue weighted by atomic mass is 16.7. The van der Waals surface area contributed by atoms with Gasteiger partial charge in [0.25, 0.3) is 0 Å². The van der Waals surface area contributed by atoms with Crippen LogP contribution in [0.5, 0.6) is 0 Å². The third kappa shape index (κ3) is 11.5. The Kier molecular flexibility index (Phi) is 14.8. The van der Waals surface area contributed by atoms with Gasteiger partial charge in [-0.2, -0.15) is 0 Å². The van der Waals surface area contributed by atoms with Crippen molar-refractivity contribution in [2.24, 2.45) is 0 Å². The molecule has 55 heavy (non-hydrogen) atoms. The zero-order valence-electron chi connectivity index (χ0n) is 32.0. The first kappa shape index (κ1) is 40.1. The number of unbranched alkanes of at least 4 members (excludes halogenated alkanes) is 3. The lowest BCUT2D eigenvalue weighted by Crippen LogP contribution is -2.42. The number of amides is 2. The van der Waals surface area contributed by atoms with Crippen LogP contribution in [0.3, 0.4) is 0 Å². The number of aliphatic hydroxyl groups is 1. The van der Waals surface area contributed by atoms with Crippen molar-refractivity contribution in [3.05, 3.63) is 119 Å². The van der Waals surface area contributed by atoms with Gasteiger partial charge in [-0.05, 0) is 72.2 Å². The zero-order valence-corrected chi connectivity index (χ0v) is 32.0. The molecule has 0 radical (unpaired) electrons. The van der Waals surface area contributed by atoms with Crippen molar-refractivity contribution in [2.45, 2.75) is 95.5 Å². The molecule has 10 heteroatoms. The molecule has 2 heterocycles. The highest BCUT2D eigenvalue weighted by Crippen LogP contribution is 2.39. The van der Waals surface area contributed by atoms with E-state index < -0.39 is 6.29 Å². The molecule has 4 aromatic rings. The molecule has 2 aliphatic rings. The number of aliphatic hydroxyl groups excluding tert-OH is 1. The van der Waals surface area contributed by atoms with Gasteiger partial charge in [-0.15, -0.1) is 0 Å². The van der Waals surface area contributed by atoms with Gasteiger partial charge in [0.2, 0.25) is 11.8 Å². The Labute approximate surface area is 325 Å². The van der Waals surface area contributed by atoms with Crippen molar-refractivity contribution >= 4 is 23.2 Å². The highest BCUT2D eigenvalue weighted by molar-refractivity contribution is 5.93. The first-order valence-corrected chi connectivity index (χ1v) is 19.7. The minimum absolute atomic E-state index is 0.00875. The number of likely N-dealkylation sites (tertiary alicyclic amines) is 1. The summed E-state index contributed by atoms with van der Waals surface area (Å²) < 4.78 is 18.8. The molecule has 0 spiro atoms. The van der Waals surface area contributed by atoms with E-state index in [4.69, 9.17) is 19.9 Å². The molecular formula is C45H56N4O6. The number of carbonyl (C=O) groups is 2. The summed E-state index contributed by atoms with van der Waals surface area (Å²) in [5.41, 5.74) is 13.2. The first-order chi connectivity index (χ1) is 26.9. The molecule has 2 saturated heterocycles. The first-order valence-electron chi connectivity index (χ1n) is 19.7. The van der Waals surface area contributed by atoms with Crippen molar-refractivity contribution in [1.29, 1.82) is 0 Å². The Bertz CT molecular complexity index is 1820. The molecular weight excluding hydrogens is 693 g/mol. The summed E-state index contributed by atoms with van der Waals surface area (Å²) in [5.74, 6) is -0.0281. The fraction of sp³-hybridized carbons (Fsp3) is 0.422. The molecule has 4 atom stereocenters. The Morgan fingerprint density at radius 3 is 2.31 bits per heavy atom. The Hall–Kier alpha value is -4.58. The number of carbonyl (C=O) groups excluding carboxylic acids is 2. The Morgan fingerprint density at radius 1 is 0.855 bits per heavy atom. The number of methoxy groups -OCH3 is 1. The molecule has 0 aromatic heterocycles. The number of nitrogens with two attached hydrogens (primary N) is 1. The number of para-hydroxylation sites is 2. The van der Waals surface area contributed by atoms with Gasteiger partial charge in [-0.3, -0.25) is 14.5 Å². The van der Waals surface area contributed by atoms with Crippen molar-refractivity contribution in [3.63, 3.8) is 0 Å². The summed E-state index contributed by atoms with van der Waals surface area (Å²) in [6.45, 7) is 3.03. The third-order valence-electron chi connectivity index (χ3n) is 10.7. The average Bonchev–Trinajstić information content (AvgIpc) is 3.65. The molecule has 2 amide bonds. The molecule has 0 unspecified atom stereocenters. The molecule has 0 bridgehead atoms. The summed E-state index contributed by atoms with van der Waals surface area (Å²) in [6, 6.07) is 32.2. The summed E-state index contributed by atoms with van der Waals surface area (Å²) in [5, 5.41) is 15.6. The van der Waals surface area contributed by atoms with Crippen LogP contribution in [-0.2, 0) is 37.0 Å². The van der Waals surface area contributed by atoms with Crippen LogP contribution in [0.1, 0.15) is 92.4 Å². The minimum atomic E-state index is -0.529. The number of nitrogens with zero attached hydrogens (tertiary/aromatic N) is 1. The van der Waals surface area contributed by atoms with Crippen LogP contribution in [0.2, 0.25) is 0 Å². The van der Waals surface area contributed by atoms with Gasteiger partial charge in [0.1, 0.15) is 0 Å². The fourth-order valence-corrected chi connectivity index (χ4v) is 7.62. The van der Waals surface area contributed by atoms with E-state index in [-0.39, 0.29) is 30.6 Å². The number of nitrogen functional groups attached to an aromatic ring is 1. The van der Waals surface area contributed by atoms with E-state index in [1.807, 2.05) is 48.5 Å². The van der Waals surface area contributed by atoms with Gasteiger partial charge in [0.05, 0.1) is 36.8 Å². The summed E-state index contributed by atoms with van der Waals surface area (Å²) in [7, 11) is 1.77. The maximum Gasteiger partial charge on any atom is 0.224 e. The largest absolute Gasteiger partial charge is 0.397 e. The van der Waals surface area contributed by atoms with Crippen LogP contribution in [0, 0.1) is 0 Å². The lowest BCUT2D eigenvalue weighted by molar-refractivity contribution is -0.253. The molecule has 0 saturated carbocycles. The second kappa shape index (κ2) is 20.4. The predicted octanol–water partition coefficient (Wildman–Crippen LogP) is 7.68. The van der Waals surface area contributed by atoms with Gasteiger partial charge in [-0.1, -0.05) is 97.8 Å². The van der Waals surface area contributed by atoms with Crippen molar-refractivity contribution in [1.82, 2.24) is 10.2 Å². The van der Waals surface area contributed by atoms with E-state index in [1.54, 1.807) is 19.2 Å². The topological polar surface area (TPSA) is 135 Å². The van der Waals surface area contributed by atoms with Gasteiger partial charge in [-0.25, -0.2) is 0 Å².